The SMILES string of the molecule is CC=CC=CC(=O)Nc1cccc(CCCO)c1. The van der Waals surface area contributed by atoms with Gasteiger partial charge in [0.25, 0.3) is 0 Å². The highest BCUT2D eigenvalue weighted by molar-refractivity contribution is 5.99. The molecule has 18 heavy (non-hydrogen) atoms. The molecule has 1 rings (SSSR count). The van der Waals surface area contributed by atoms with Gasteiger partial charge in [-0.3, -0.25) is 4.79 Å². The van der Waals surface area contributed by atoms with Crippen molar-refractivity contribution in [2.45, 2.75) is 19.8 Å². The van der Waals surface area contributed by atoms with Crippen molar-refractivity contribution in [2.75, 3.05) is 11.9 Å². The summed E-state index contributed by atoms with van der Waals surface area (Å²) in [4.78, 5) is 11.5. The summed E-state index contributed by atoms with van der Waals surface area (Å²) in [7, 11) is 0. The lowest BCUT2D eigenvalue weighted by Gasteiger charge is -2.05. The van der Waals surface area contributed by atoms with Crippen molar-refractivity contribution in [3.05, 3.63) is 54.1 Å². The van der Waals surface area contributed by atoms with Crippen molar-refractivity contribution < 1.29 is 9.90 Å². The van der Waals surface area contributed by atoms with E-state index in [0.29, 0.717) is 0 Å². The molecule has 1 aromatic carbocycles. The maximum absolute atomic E-state index is 11.5. The van der Waals surface area contributed by atoms with Gasteiger partial charge in [0.05, 0.1) is 0 Å². The predicted octanol–water partition coefficient (Wildman–Crippen LogP) is 2.68. The highest BCUT2D eigenvalue weighted by Crippen LogP contribution is 2.12. The fourth-order valence-corrected chi connectivity index (χ4v) is 1.53. The van der Waals surface area contributed by atoms with Crippen LogP contribution in [0.1, 0.15) is 18.9 Å². The van der Waals surface area contributed by atoms with Gasteiger partial charge in [0, 0.05) is 18.4 Å². The molecule has 0 fully saturated rings. The van der Waals surface area contributed by atoms with Crippen LogP contribution >= 0.6 is 0 Å². The van der Waals surface area contributed by atoms with Crippen molar-refractivity contribution in [1.29, 1.82) is 0 Å². The van der Waals surface area contributed by atoms with E-state index in [4.69, 9.17) is 5.11 Å². The van der Waals surface area contributed by atoms with Crippen molar-refractivity contribution in [2.24, 2.45) is 0 Å². The summed E-state index contributed by atoms with van der Waals surface area (Å²) in [6.45, 7) is 2.08. The van der Waals surface area contributed by atoms with E-state index in [2.05, 4.69) is 5.32 Å². The van der Waals surface area contributed by atoms with E-state index in [-0.39, 0.29) is 12.5 Å². The first-order valence-electron chi connectivity index (χ1n) is 6.06. The van der Waals surface area contributed by atoms with E-state index in [0.717, 1.165) is 24.1 Å². The van der Waals surface area contributed by atoms with Crippen molar-refractivity contribution in [3.63, 3.8) is 0 Å². The Kier molecular flexibility index (Phi) is 6.51. The smallest absolute Gasteiger partial charge is 0.248 e. The molecule has 2 N–H and O–H groups in total. The quantitative estimate of drug-likeness (QED) is 0.598. The molecule has 3 heteroatoms. The first-order valence-corrected chi connectivity index (χ1v) is 6.06. The van der Waals surface area contributed by atoms with Crippen LogP contribution in [0.2, 0.25) is 0 Å². The highest BCUT2D eigenvalue weighted by Gasteiger charge is 1.99. The number of anilines is 1. The standard InChI is InChI=1S/C15H19NO2/c1-2-3-4-10-15(18)16-14-9-5-7-13(12-14)8-6-11-17/h2-5,7,9-10,12,17H,6,8,11H2,1H3,(H,16,18). The van der Waals surface area contributed by atoms with Gasteiger partial charge in [-0.1, -0.05) is 30.4 Å². The molecular weight excluding hydrogens is 226 g/mol. The van der Waals surface area contributed by atoms with Crippen LogP contribution < -0.4 is 5.32 Å². The minimum absolute atomic E-state index is 0.146. The Hall–Kier alpha value is -1.87. The largest absolute Gasteiger partial charge is 0.396 e. The molecule has 0 aromatic heterocycles. The number of aliphatic hydroxyl groups is 1. The Morgan fingerprint density at radius 1 is 1.39 bits per heavy atom. The number of rotatable bonds is 6. The molecule has 3 nitrogen and oxygen atoms in total. The molecule has 0 radical (unpaired) electrons. The van der Waals surface area contributed by atoms with Crippen molar-refractivity contribution >= 4 is 11.6 Å². The fraction of sp³-hybridized carbons (Fsp3) is 0.267. The Morgan fingerprint density at radius 2 is 2.22 bits per heavy atom. The van der Waals surface area contributed by atoms with Gasteiger partial charge in [0.1, 0.15) is 0 Å². The lowest BCUT2D eigenvalue weighted by atomic mass is 10.1. The molecule has 96 valence electrons. The highest BCUT2D eigenvalue weighted by atomic mass is 16.2. The van der Waals surface area contributed by atoms with Gasteiger partial charge in [-0.25, -0.2) is 0 Å². The average molecular weight is 245 g/mol. The van der Waals surface area contributed by atoms with Crippen LogP contribution in [0.25, 0.3) is 0 Å². The molecule has 0 atom stereocenters. The van der Waals surface area contributed by atoms with E-state index < -0.39 is 0 Å². The maximum Gasteiger partial charge on any atom is 0.248 e. The molecular formula is C15H19NO2. The molecule has 0 aliphatic heterocycles. The Balaban J connectivity index is 2.58. The van der Waals surface area contributed by atoms with Crippen molar-refractivity contribution in [3.8, 4) is 0 Å². The first kappa shape index (κ1) is 14.2. The minimum atomic E-state index is -0.146. The molecule has 0 spiro atoms. The second-order valence-corrected chi connectivity index (χ2v) is 3.90. The van der Waals surface area contributed by atoms with Gasteiger partial charge in [-0.15, -0.1) is 0 Å². The number of allylic oxidation sites excluding steroid dienone is 3. The summed E-state index contributed by atoms with van der Waals surface area (Å²) in [6, 6.07) is 7.67. The first-order chi connectivity index (χ1) is 8.76. The topological polar surface area (TPSA) is 49.3 Å². The lowest BCUT2D eigenvalue weighted by Crippen LogP contribution is -2.07. The van der Waals surface area contributed by atoms with Gasteiger partial charge < -0.3 is 10.4 Å². The third-order valence-corrected chi connectivity index (χ3v) is 2.37. The Morgan fingerprint density at radius 3 is 2.94 bits per heavy atom. The summed E-state index contributed by atoms with van der Waals surface area (Å²) >= 11 is 0. The van der Waals surface area contributed by atoms with E-state index in [1.165, 1.54) is 6.08 Å². The van der Waals surface area contributed by atoms with Crippen LogP contribution in [0.3, 0.4) is 0 Å². The summed E-state index contributed by atoms with van der Waals surface area (Å²) < 4.78 is 0. The monoisotopic (exact) mass is 245 g/mol. The van der Waals surface area contributed by atoms with E-state index >= 15 is 0 Å². The molecule has 0 bridgehead atoms. The average Bonchev–Trinajstić information content (AvgIpc) is 2.37. The number of aryl methyl sites for hydroxylation is 1. The van der Waals surface area contributed by atoms with E-state index in [9.17, 15) is 4.79 Å². The molecule has 0 aliphatic rings. The molecule has 0 unspecified atom stereocenters. The number of benzene rings is 1. The summed E-state index contributed by atoms with van der Waals surface area (Å²) in [5, 5.41) is 11.6. The van der Waals surface area contributed by atoms with Crippen LogP contribution in [0, 0.1) is 0 Å². The summed E-state index contributed by atoms with van der Waals surface area (Å²) in [5.41, 5.74) is 1.89. The normalized spacial score (nSPS) is 11.2. The van der Waals surface area contributed by atoms with E-state index in [1.54, 1.807) is 12.2 Å². The van der Waals surface area contributed by atoms with Crippen LogP contribution in [-0.4, -0.2) is 17.6 Å². The zero-order chi connectivity index (χ0) is 13.2. The summed E-state index contributed by atoms with van der Waals surface area (Å²) in [6.07, 6.45) is 8.40. The number of amides is 1. The summed E-state index contributed by atoms with van der Waals surface area (Å²) in [5.74, 6) is -0.146. The van der Waals surface area contributed by atoms with E-state index in [1.807, 2.05) is 37.3 Å². The Labute approximate surface area is 108 Å². The van der Waals surface area contributed by atoms with Crippen LogP contribution in [0.4, 0.5) is 5.69 Å². The second kappa shape index (κ2) is 8.25. The van der Waals surface area contributed by atoms with Gasteiger partial charge in [-0.2, -0.15) is 0 Å². The molecule has 0 aliphatic carbocycles. The number of nitrogens with one attached hydrogen (secondary N) is 1. The number of hydrogen-bond acceptors (Lipinski definition) is 2. The van der Waals surface area contributed by atoms with Crippen LogP contribution in [-0.2, 0) is 11.2 Å². The van der Waals surface area contributed by atoms with Crippen LogP contribution in [0.15, 0.2) is 48.6 Å². The third-order valence-electron chi connectivity index (χ3n) is 2.37. The number of carbonyl (C=O) groups is 1. The second-order valence-electron chi connectivity index (χ2n) is 3.90. The predicted molar refractivity (Wildman–Crippen MR) is 74.4 cm³/mol. The van der Waals surface area contributed by atoms with Gasteiger partial charge >= 0.3 is 0 Å². The molecule has 1 aromatic rings. The van der Waals surface area contributed by atoms with Crippen LogP contribution in [0.5, 0.6) is 0 Å². The van der Waals surface area contributed by atoms with Crippen molar-refractivity contribution in [1.82, 2.24) is 0 Å². The number of aliphatic hydroxyl groups excluding tert-OH is 1. The Bertz CT molecular complexity index is 436. The zero-order valence-corrected chi connectivity index (χ0v) is 10.6. The van der Waals surface area contributed by atoms with Gasteiger partial charge in [0.2, 0.25) is 5.91 Å². The molecule has 1 amide bonds. The maximum atomic E-state index is 11.5. The minimum Gasteiger partial charge on any atom is -0.396 e. The zero-order valence-electron chi connectivity index (χ0n) is 10.6. The fourth-order valence-electron chi connectivity index (χ4n) is 1.53. The van der Waals surface area contributed by atoms with Gasteiger partial charge in [0.15, 0.2) is 0 Å². The molecule has 0 saturated heterocycles. The van der Waals surface area contributed by atoms with Gasteiger partial charge in [-0.05, 0) is 37.5 Å². The lowest BCUT2D eigenvalue weighted by molar-refractivity contribution is -0.111. The third kappa shape index (κ3) is 5.46. The molecule has 0 heterocycles. The number of hydrogen-bond donors (Lipinski definition) is 2. The molecule has 0 saturated carbocycles. The number of carbonyl (C=O) groups excluding carboxylic acids is 1.